The molecule has 7 rings (SSSR count). The van der Waals surface area contributed by atoms with E-state index >= 15 is 0 Å². The molecule has 0 bridgehead atoms. The SMILES string of the molecule is CC(C)(O)c1cc2nc([C@H]3CC[C@H](CN4CCC(CCNc5cccc6c5C(=O)N(C(CCC(=O)O)C(=O)O)C6=O)CC4)CC3)sc2cc1NC(=O)c1cccc(C(F)(F)F)n1. The molecule has 1 saturated heterocycles. The first kappa shape index (κ1) is 44.6. The number of likely N-dealkylation sites (tertiary alicyclic amines) is 1. The van der Waals surface area contributed by atoms with Crippen molar-refractivity contribution in [2.45, 2.75) is 95.4 Å². The second-order valence-corrected chi connectivity index (χ2v) is 18.1. The second kappa shape index (κ2) is 18.1. The van der Waals surface area contributed by atoms with Gasteiger partial charge in [0.15, 0.2) is 0 Å². The Morgan fingerprint density at radius 2 is 1.61 bits per heavy atom. The van der Waals surface area contributed by atoms with Gasteiger partial charge in [0.1, 0.15) is 17.4 Å². The van der Waals surface area contributed by atoms with Crippen LogP contribution < -0.4 is 10.6 Å². The number of piperidine rings is 1. The Kier molecular flexibility index (Phi) is 13.0. The lowest BCUT2D eigenvalue weighted by atomic mass is 9.81. The van der Waals surface area contributed by atoms with Crippen LogP contribution in [0, 0.1) is 11.8 Å². The maximum Gasteiger partial charge on any atom is 0.433 e. The van der Waals surface area contributed by atoms with Gasteiger partial charge in [0, 0.05) is 42.4 Å². The summed E-state index contributed by atoms with van der Waals surface area (Å²) in [6.07, 6.45) is 1.37. The number of hydrogen-bond acceptors (Lipinski definition) is 11. The number of pyridine rings is 1. The molecule has 1 unspecified atom stereocenters. The lowest BCUT2D eigenvalue weighted by molar-refractivity contribution is -0.143. The minimum Gasteiger partial charge on any atom is -0.481 e. The fourth-order valence-corrected chi connectivity index (χ4v) is 10.0. The van der Waals surface area contributed by atoms with Crippen LogP contribution in [0.3, 0.4) is 0 Å². The highest BCUT2D eigenvalue weighted by atomic mass is 32.1. The molecule has 14 nitrogen and oxygen atoms in total. The summed E-state index contributed by atoms with van der Waals surface area (Å²) in [7, 11) is 0. The number of alkyl halides is 3. The van der Waals surface area contributed by atoms with Crippen molar-refractivity contribution in [1.29, 1.82) is 0 Å². The topological polar surface area (TPSA) is 202 Å². The summed E-state index contributed by atoms with van der Waals surface area (Å²) in [5.74, 6) is -3.69. The number of halogens is 3. The summed E-state index contributed by atoms with van der Waals surface area (Å²) in [6.45, 7) is 6.67. The van der Waals surface area contributed by atoms with Gasteiger partial charge in [-0.15, -0.1) is 11.3 Å². The molecule has 2 fully saturated rings. The van der Waals surface area contributed by atoms with E-state index in [0.29, 0.717) is 40.0 Å². The minimum atomic E-state index is -4.70. The Hall–Kier alpha value is -5.46. The molecular formula is C44H49F3N6O8S. The molecule has 1 saturated carbocycles. The van der Waals surface area contributed by atoms with Crippen molar-refractivity contribution in [1.82, 2.24) is 19.8 Å². The van der Waals surface area contributed by atoms with E-state index < -0.39 is 65.3 Å². The molecule has 0 spiro atoms. The third kappa shape index (κ3) is 9.92. The van der Waals surface area contributed by atoms with E-state index in [0.717, 1.165) is 86.4 Å². The number of nitrogens with one attached hydrogen (secondary N) is 2. The molecule has 1 aliphatic carbocycles. The van der Waals surface area contributed by atoms with Crippen LogP contribution in [0.1, 0.15) is 125 Å². The van der Waals surface area contributed by atoms with Crippen molar-refractivity contribution in [3.63, 3.8) is 0 Å². The number of rotatable bonds is 15. The van der Waals surface area contributed by atoms with Gasteiger partial charge in [-0.05, 0) is 127 Å². The predicted molar refractivity (Wildman–Crippen MR) is 224 cm³/mol. The highest BCUT2D eigenvalue weighted by Crippen LogP contribution is 2.42. The first-order valence-electron chi connectivity index (χ1n) is 20.8. The van der Waals surface area contributed by atoms with Crippen molar-refractivity contribution in [3.05, 3.63) is 81.6 Å². The van der Waals surface area contributed by atoms with Gasteiger partial charge < -0.3 is 30.9 Å². The Labute approximate surface area is 359 Å². The summed E-state index contributed by atoms with van der Waals surface area (Å²) >= 11 is 1.52. The van der Waals surface area contributed by atoms with E-state index in [2.05, 4.69) is 20.5 Å². The lowest BCUT2D eigenvalue weighted by Gasteiger charge is -2.36. The van der Waals surface area contributed by atoms with Gasteiger partial charge in [-0.1, -0.05) is 12.1 Å². The Balaban J connectivity index is 0.888. The van der Waals surface area contributed by atoms with Gasteiger partial charge in [0.05, 0.1) is 32.0 Å². The number of imide groups is 1. The number of carbonyl (C=O) groups is 5. The first-order chi connectivity index (χ1) is 29.4. The minimum absolute atomic E-state index is 0.0982. The molecular weight excluding hydrogens is 830 g/mol. The highest BCUT2D eigenvalue weighted by Gasteiger charge is 2.44. The normalized spacial score (nSPS) is 19.4. The number of carbonyl (C=O) groups excluding carboxylic acids is 3. The van der Waals surface area contributed by atoms with Gasteiger partial charge in [-0.25, -0.2) is 14.8 Å². The highest BCUT2D eigenvalue weighted by molar-refractivity contribution is 7.18. The number of aliphatic hydroxyl groups is 1. The average Bonchev–Trinajstić information content (AvgIpc) is 3.75. The number of fused-ring (bicyclic) bond motifs is 2. The van der Waals surface area contributed by atoms with Crippen LogP contribution in [-0.2, 0) is 21.4 Å². The van der Waals surface area contributed by atoms with Gasteiger partial charge in [0.2, 0.25) is 0 Å². The van der Waals surface area contributed by atoms with Crippen LogP contribution in [0.4, 0.5) is 24.5 Å². The first-order valence-corrected chi connectivity index (χ1v) is 21.6. The number of benzene rings is 2. The number of amides is 3. The molecule has 2 aromatic heterocycles. The van der Waals surface area contributed by atoms with E-state index in [1.54, 1.807) is 38.1 Å². The maximum absolute atomic E-state index is 13.4. The number of aliphatic carboxylic acids is 2. The van der Waals surface area contributed by atoms with Gasteiger partial charge in [0.25, 0.3) is 17.7 Å². The largest absolute Gasteiger partial charge is 0.481 e. The summed E-state index contributed by atoms with van der Waals surface area (Å²) in [6, 6.07) is 9.81. The summed E-state index contributed by atoms with van der Waals surface area (Å²) in [4.78, 5) is 74.2. The number of carboxylic acid groups (broad SMARTS) is 2. The lowest BCUT2D eigenvalue weighted by Crippen LogP contribution is -2.45. The number of carboxylic acids is 2. The number of anilines is 2. The van der Waals surface area contributed by atoms with Gasteiger partial charge in [-0.2, -0.15) is 13.2 Å². The molecule has 18 heteroatoms. The number of thiazole rings is 1. The van der Waals surface area contributed by atoms with E-state index in [1.807, 2.05) is 0 Å². The monoisotopic (exact) mass is 878 g/mol. The van der Waals surface area contributed by atoms with Crippen molar-refractivity contribution in [3.8, 4) is 0 Å². The zero-order valence-corrected chi connectivity index (χ0v) is 35.2. The molecule has 2 aromatic carbocycles. The van der Waals surface area contributed by atoms with Crippen LogP contribution >= 0.6 is 11.3 Å². The van der Waals surface area contributed by atoms with Crippen LogP contribution in [0.2, 0.25) is 0 Å². The van der Waals surface area contributed by atoms with Gasteiger partial charge in [-0.3, -0.25) is 24.1 Å². The standard InChI is InChI=1S/C44H49F3N6O8S/c1-43(2,61)28-21-32-34(22-31(28)50-38(56)30-7-4-8-35(49-30)44(45,46)47)62-39(51-32)26-11-9-25(10-12-26)23-52-19-16-24(17-20-52)15-18-48-29-6-3-5-27-37(29)41(58)53(40(27)57)33(42(59)60)13-14-36(54)55/h3-8,21-22,24-26,33,48,61H,9-20,23H2,1-2H3,(H,50,56)(H,54,55)(H,59,60)/t25-,26-,33?. The van der Waals surface area contributed by atoms with Crippen molar-refractivity contribution >= 4 is 62.6 Å². The van der Waals surface area contributed by atoms with E-state index in [-0.39, 0.29) is 29.2 Å². The number of nitrogens with zero attached hydrogens (tertiary/aromatic N) is 4. The molecule has 5 N–H and O–H groups in total. The Morgan fingerprint density at radius 3 is 2.27 bits per heavy atom. The molecule has 1 atom stereocenters. The van der Waals surface area contributed by atoms with Crippen molar-refractivity contribution < 1.29 is 52.5 Å². The van der Waals surface area contributed by atoms with Crippen LogP contribution in [-0.4, -0.2) is 97.0 Å². The van der Waals surface area contributed by atoms with E-state index in [9.17, 15) is 47.4 Å². The molecule has 330 valence electrons. The Morgan fingerprint density at radius 1 is 0.903 bits per heavy atom. The molecule has 3 aliphatic rings. The molecule has 4 heterocycles. The Bertz CT molecular complexity index is 2370. The number of aromatic nitrogens is 2. The van der Waals surface area contributed by atoms with Crippen molar-refractivity contribution in [2.75, 3.05) is 36.8 Å². The van der Waals surface area contributed by atoms with E-state index in [1.165, 1.54) is 23.5 Å². The summed E-state index contributed by atoms with van der Waals surface area (Å²) < 4.78 is 40.6. The van der Waals surface area contributed by atoms with Crippen LogP contribution in [0.25, 0.3) is 10.2 Å². The summed E-state index contributed by atoms with van der Waals surface area (Å²) in [5.41, 5.74) is -0.949. The summed E-state index contributed by atoms with van der Waals surface area (Å²) in [5, 5.41) is 36.7. The molecule has 62 heavy (non-hydrogen) atoms. The van der Waals surface area contributed by atoms with Gasteiger partial charge >= 0.3 is 18.1 Å². The molecule has 4 aromatic rings. The maximum atomic E-state index is 13.4. The average molecular weight is 879 g/mol. The smallest absolute Gasteiger partial charge is 0.433 e. The molecule has 3 amide bonds. The zero-order chi connectivity index (χ0) is 44.5. The second-order valence-electron chi connectivity index (χ2n) is 17.0. The zero-order valence-electron chi connectivity index (χ0n) is 34.3. The fraction of sp³-hybridized carbons (Fsp3) is 0.477. The fourth-order valence-electron chi connectivity index (χ4n) is 8.86. The molecule has 0 radical (unpaired) electrons. The van der Waals surface area contributed by atoms with E-state index in [4.69, 9.17) is 10.1 Å². The van der Waals surface area contributed by atoms with Crippen LogP contribution in [0.15, 0.2) is 48.5 Å². The number of hydrogen-bond donors (Lipinski definition) is 5. The van der Waals surface area contributed by atoms with Crippen molar-refractivity contribution in [2.24, 2.45) is 11.8 Å². The molecule has 2 aliphatic heterocycles. The van der Waals surface area contributed by atoms with Crippen LogP contribution in [0.5, 0.6) is 0 Å². The third-order valence-electron chi connectivity index (χ3n) is 12.2. The predicted octanol–water partition coefficient (Wildman–Crippen LogP) is 7.59. The quantitative estimate of drug-likeness (QED) is 0.0734. The third-order valence-corrected chi connectivity index (χ3v) is 13.4.